The molecule has 1 amide bonds. The fraction of sp³-hybridized carbons (Fsp3) is 0.400. The number of nitrogens with one attached hydrogen (secondary N) is 2. The summed E-state index contributed by atoms with van der Waals surface area (Å²) in [7, 11) is -1.73. The van der Waals surface area contributed by atoms with Crippen LogP contribution in [0.4, 0.5) is 11.6 Å². The Labute approximate surface area is 141 Å². The van der Waals surface area contributed by atoms with E-state index >= 15 is 0 Å². The topological polar surface area (TPSA) is 106 Å². The fourth-order valence-electron chi connectivity index (χ4n) is 2.00. The Morgan fingerprint density at radius 2 is 1.96 bits per heavy atom. The van der Waals surface area contributed by atoms with E-state index in [0.29, 0.717) is 23.0 Å². The van der Waals surface area contributed by atoms with Crippen LogP contribution in [-0.2, 0) is 17.1 Å². The molecule has 0 bridgehead atoms. The molecule has 0 atom stereocenters. The summed E-state index contributed by atoms with van der Waals surface area (Å²) in [6, 6.07) is 4.79. The predicted molar refractivity (Wildman–Crippen MR) is 92.7 cm³/mol. The van der Waals surface area contributed by atoms with Crippen LogP contribution in [0.1, 0.15) is 41.5 Å². The molecule has 24 heavy (non-hydrogen) atoms. The number of hydrogen-bond acceptors (Lipinski definition) is 5. The second-order valence-corrected chi connectivity index (χ2v) is 7.68. The molecule has 0 spiro atoms. The largest absolute Gasteiger partial charge is 0.291 e. The van der Waals surface area contributed by atoms with E-state index in [1.807, 2.05) is 13.8 Å². The van der Waals surface area contributed by atoms with Gasteiger partial charge in [-0.1, -0.05) is 19.9 Å². The maximum absolute atomic E-state index is 12.4. The van der Waals surface area contributed by atoms with E-state index in [1.165, 1.54) is 10.7 Å². The van der Waals surface area contributed by atoms with E-state index in [2.05, 4.69) is 20.1 Å². The number of aromatic nitrogens is 3. The lowest BCUT2D eigenvalue weighted by atomic mass is 10.1. The molecule has 0 aliphatic rings. The van der Waals surface area contributed by atoms with Gasteiger partial charge >= 0.3 is 0 Å². The van der Waals surface area contributed by atoms with Crippen LogP contribution in [-0.4, -0.2) is 35.3 Å². The summed E-state index contributed by atoms with van der Waals surface area (Å²) in [5, 5.41) is 6.92. The van der Waals surface area contributed by atoms with E-state index in [0.717, 1.165) is 11.8 Å². The second kappa shape index (κ2) is 6.60. The van der Waals surface area contributed by atoms with Gasteiger partial charge in [0.2, 0.25) is 16.0 Å². The molecule has 0 aliphatic carbocycles. The van der Waals surface area contributed by atoms with Crippen LogP contribution in [0.25, 0.3) is 0 Å². The minimum atomic E-state index is -3.42. The van der Waals surface area contributed by atoms with Crippen molar-refractivity contribution in [1.29, 1.82) is 0 Å². The summed E-state index contributed by atoms with van der Waals surface area (Å²) in [6.45, 7) is 5.68. The molecule has 8 nitrogen and oxygen atoms in total. The van der Waals surface area contributed by atoms with E-state index < -0.39 is 15.9 Å². The number of aryl methyl sites for hydroxylation is 2. The lowest BCUT2D eigenvalue weighted by Crippen LogP contribution is -2.16. The van der Waals surface area contributed by atoms with Crippen LogP contribution in [0.5, 0.6) is 0 Å². The highest BCUT2D eigenvalue weighted by Crippen LogP contribution is 2.19. The molecule has 130 valence electrons. The molecular formula is C15H21N5O3S. The number of anilines is 2. The van der Waals surface area contributed by atoms with Crippen molar-refractivity contribution in [2.24, 2.45) is 7.05 Å². The van der Waals surface area contributed by atoms with Crippen molar-refractivity contribution in [2.45, 2.75) is 26.7 Å². The third-order valence-electron chi connectivity index (χ3n) is 3.32. The van der Waals surface area contributed by atoms with Gasteiger partial charge in [0.05, 0.1) is 11.9 Å². The van der Waals surface area contributed by atoms with Crippen LogP contribution >= 0.6 is 0 Å². The van der Waals surface area contributed by atoms with Crippen LogP contribution in [0.15, 0.2) is 18.2 Å². The van der Waals surface area contributed by atoms with Gasteiger partial charge in [0.15, 0.2) is 5.82 Å². The van der Waals surface area contributed by atoms with Gasteiger partial charge in [0.1, 0.15) is 0 Å². The first kappa shape index (κ1) is 17.9. The molecule has 1 aromatic heterocycles. The minimum Gasteiger partial charge on any atom is -0.291 e. The third-order valence-corrected chi connectivity index (χ3v) is 3.91. The number of benzene rings is 1. The number of hydrogen-bond donors (Lipinski definition) is 2. The van der Waals surface area contributed by atoms with Crippen LogP contribution in [0.3, 0.4) is 0 Å². The number of carbonyl (C=O) groups excluding carboxylic acids is 1. The molecule has 0 fully saturated rings. The zero-order valence-corrected chi connectivity index (χ0v) is 15.1. The van der Waals surface area contributed by atoms with Crippen molar-refractivity contribution in [2.75, 3.05) is 16.3 Å². The number of carbonyl (C=O) groups is 1. The monoisotopic (exact) mass is 351 g/mol. The highest BCUT2D eigenvalue weighted by Gasteiger charge is 2.15. The van der Waals surface area contributed by atoms with Crippen LogP contribution in [0, 0.1) is 6.92 Å². The molecule has 0 radical (unpaired) electrons. The average molecular weight is 351 g/mol. The van der Waals surface area contributed by atoms with Gasteiger partial charge in [-0.2, -0.15) is 10.1 Å². The summed E-state index contributed by atoms with van der Waals surface area (Å²) >= 11 is 0. The first-order chi connectivity index (χ1) is 11.1. The number of sulfonamides is 1. The second-order valence-electron chi connectivity index (χ2n) is 5.93. The molecule has 2 rings (SSSR count). The zero-order valence-electron chi connectivity index (χ0n) is 14.3. The van der Waals surface area contributed by atoms with Crippen LogP contribution in [0.2, 0.25) is 0 Å². The molecule has 2 N–H and O–H groups in total. The molecule has 0 saturated heterocycles. The summed E-state index contributed by atoms with van der Waals surface area (Å²) in [5.74, 6) is 0.724. The Morgan fingerprint density at radius 1 is 1.29 bits per heavy atom. The third kappa shape index (κ3) is 4.31. The Bertz CT molecular complexity index is 871. The first-order valence-electron chi connectivity index (χ1n) is 7.37. The summed E-state index contributed by atoms with van der Waals surface area (Å²) < 4.78 is 26.7. The molecule has 9 heteroatoms. The number of amides is 1. The molecule has 1 aromatic carbocycles. The van der Waals surface area contributed by atoms with E-state index in [-0.39, 0.29) is 5.92 Å². The Balaban J connectivity index is 2.26. The quantitative estimate of drug-likeness (QED) is 0.855. The average Bonchev–Trinajstić information content (AvgIpc) is 2.81. The maximum atomic E-state index is 12.4. The Hall–Kier alpha value is -2.42. The van der Waals surface area contributed by atoms with Crippen LogP contribution < -0.4 is 10.0 Å². The number of nitrogens with zero attached hydrogens (tertiary/aromatic N) is 3. The Morgan fingerprint density at radius 3 is 2.50 bits per heavy atom. The molecule has 1 heterocycles. The van der Waals surface area contributed by atoms with E-state index in [1.54, 1.807) is 26.1 Å². The standard InChI is InChI=1S/C15H21N5O3S/c1-9(2)13-16-15(20(4)18-13)17-14(21)11-7-6-10(3)12(8-11)19-24(5,22)23/h6-9,19H,1-5H3,(H,16,17,18,21). The van der Waals surface area contributed by atoms with Crippen molar-refractivity contribution < 1.29 is 13.2 Å². The molecule has 0 aliphatic heterocycles. The van der Waals surface area contributed by atoms with Gasteiger partial charge in [-0.05, 0) is 24.6 Å². The van der Waals surface area contributed by atoms with Crippen molar-refractivity contribution in [3.05, 3.63) is 35.2 Å². The maximum Gasteiger partial charge on any atom is 0.258 e. The fourth-order valence-corrected chi connectivity index (χ4v) is 2.62. The van der Waals surface area contributed by atoms with E-state index in [9.17, 15) is 13.2 Å². The van der Waals surface area contributed by atoms with Gasteiger partial charge in [-0.15, -0.1) is 0 Å². The predicted octanol–water partition coefficient (Wildman–Crippen LogP) is 1.87. The van der Waals surface area contributed by atoms with Gasteiger partial charge in [-0.3, -0.25) is 14.8 Å². The van der Waals surface area contributed by atoms with Gasteiger partial charge in [-0.25, -0.2) is 13.1 Å². The highest BCUT2D eigenvalue weighted by molar-refractivity contribution is 7.92. The normalized spacial score (nSPS) is 11.6. The van der Waals surface area contributed by atoms with E-state index in [4.69, 9.17) is 0 Å². The van der Waals surface area contributed by atoms with Gasteiger partial charge in [0.25, 0.3) is 5.91 Å². The number of rotatable bonds is 5. The Kier molecular flexibility index (Phi) is 4.93. The highest BCUT2D eigenvalue weighted by atomic mass is 32.2. The summed E-state index contributed by atoms with van der Waals surface area (Å²) in [6.07, 6.45) is 1.06. The lowest BCUT2D eigenvalue weighted by molar-refractivity contribution is 0.102. The van der Waals surface area contributed by atoms with Crippen molar-refractivity contribution in [3.8, 4) is 0 Å². The van der Waals surface area contributed by atoms with Gasteiger partial charge in [0, 0.05) is 18.5 Å². The summed E-state index contributed by atoms with van der Waals surface area (Å²) in [5.41, 5.74) is 1.41. The summed E-state index contributed by atoms with van der Waals surface area (Å²) in [4.78, 5) is 16.7. The molecule has 0 unspecified atom stereocenters. The zero-order chi connectivity index (χ0) is 18.1. The van der Waals surface area contributed by atoms with Crippen molar-refractivity contribution in [3.63, 3.8) is 0 Å². The molecular weight excluding hydrogens is 330 g/mol. The minimum absolute atomic E-state index is 0.145. The van der Waals surface area contributed by atoms with Crippen molar-refractivity contribution in [1.82, 2.24) is 14.8 Å². The smallest absolute Gasteiger partial charge is 0.258 e. The lowest BCUT2D eigenvalue weighted by Gasteiger charge is -2.10. The van der Waals surface area contributed by atoms with Gasteiger partial charge < -0.3 is 0 Å². The molecule has 2 aromatic rings. The van der Waals surface area contributed by atoms with Crippen molar-refractivity contribution >= 4 is 27.6 Å². The first-order valence-corrected chi connectivity index (χ1v) is 9.26. The SMILES string of the molecule is Cc1ccc(C(=O)Nc2nc(C(C)C)nn2C)cc1NS(C)(=O)=O. The molecule has 0 saturated carbocycles.